The predicted octanol–water partition coefficient (Wildman–Crippen LogP) is 2.42. The highest BCUT2D eigenvalue weighted by Gasteiger charge is 2.20. The number of rotatable bonds is 4. The first kappa shape index (κ1) is 16.3. The Morgan fingerprint density at radius 2 is 2.00 bits per heavy atom. The molecule has 1 aromatic carbocycles. The van der Waals surface area contributed by atoms with Crippen molar-refractivity contribution in [3.63, 3.8) is 0 Å². The minimum absolute atomic E-state index is 0. The fraction of sp³-hybridized carbons (Fsp3) is 0.500. The van der Waals surface area contributed by atoms with Gasteiger partial charge in [-0.05, 0) is 44.0 Å². The van der Waals surface area contributed by atoms with Crippen LogP contribution in [0.4, 0.5) is 0 Å². The lowest BCUT2D eigenvalue weighted by atomic mass is 9.97. The average Bonchev–Trinajstić information content (AvgIpc) is 2.42. The van der Waals surface area contributed by atoms with Gasteiger partial charge in [0.1, 0.15) is 0 Å². The SMILES string of the molecule is Cl.O=C(NCCc1ccccc1Cl)C1CCNCC1. The zero-order valence-electron chi connectivity index (χ0n) is 10.8. The van der Waals surface area contributed by atoms with Crippen molar-refractivity contribution >= 4 is 29.9 Å². The van der Waals surface area contributed by atoms with E-state index < -0.39 is 0 Å². The molecule has 0 saturated carbocycles. The first-order valence-corrected chi connectivity index (χ1v) is 6.87. The second-order valence-corrected chi connectivity index (χ2v) is 5.06. The molecule has 1 amide bonds. The van der Waals surface area contributed by atoms with Crippen LogP contribution in [0.5, 0.6) is 0 Å². The largest absolute Gasteiger partial charge is 0.356 e. The number of carbonyl (C=O) groups is 1. The summed E-state index contributed by atoms with van der Waals surface area (Å²) in [5.41, 5.74) is 1.09. The highest BCUT2D eigenvalue weighted by Crippen LogP contribution is 2.15. The van der Waals surface area contributed by atoms with Gasteiger partial charge in [0.25, 0.3) is 0 Å². The molecule has 1 fully saturated rings. The molecule has 19 heavy (non-hydrogen) atoms. The summed E-state index contributed by atoms with van der Waals surface area (Å²) in [6.45, 7) is 2.55. The fourth-order valence-electron chi connectivity index (χ4n) is 2.25. The van der Waals surface area contributed by atoms with Crippen LogP contribution in [-0.4, -0.2) is 25.5 Å². The summed E-state index contributed by atoms with van der Waals surface area (Å²) in [6, 6.07) is 7.76. The molecule has 0 spiro atoms. The molecule has 1 aromatic rings. The molecule has 3 nitrogen and oxygen atoms in total. The molecule has 0 atom stereocenters. The summed E-state index contributed by atoms with van der Waals surface area (Å²) in [5, 5.41) is 7.04. The van der Waals surface area contributed by atoms with Gasteiger partial charge < -0.3 is 10.6 Å². The van der Waals surface area contributed by atoms with Crippen molar-refractivity contribution in [3.8, 4) is 0 Å². The number of amides is 1. The molecule has 5 heteroatoms. The summed E-state index contributed by atoms with van der Waals surface area (Å²) in [4.78, 5) is 11.9. The Morgan fingerprint density at radius 3 is 2.68 bits per heavy atom. The number of hydrogen-bond acceptors (Lipinski definition) is 2. The molecule has 2 N–H and O–H groups in total. The van der Waals surface area contributed by atoms with E-state index in [9.17, 15) is 4.79 Å². The molecule has 1 aliphatic rings. The minimum Gasteiger partial charge on any atom is -0.356 e. The lowest BCUT2D eigenvalue weighted by Crippen LogP contribution is -2.38. The third kappa shape index (κ3) is 5.01. The summed E-state index contributed by atoms with van der Waals surface area (Å²) < 4.78 is 0. The molecule has 1 saturated heterocycles. The minimum atomic E-state index is 0. The number of hydrogen-bond donors (Lipinski definition) is 2. The van der Waals surface area contributed by atoms with Gasteiger partial charge in [-0.1, -0.05) is 29.8 Å². The Bertz CT molecular complexity index is 406. The van der Waals surface area contributed by atoms with E-state index in [1.807, 2.05) is 24.3 Å². The van der Waals surface area contributed by atoms with Crippen LogP contribution in [0, 0.1) is 5.92 Å². The Hall–Kier alpha value is -0.770. The highest BCUT2D eigenvalue weighted by molar-refractivity contribution is 6.31. The molecule has 0 radical (unpaired) electrons. The lowest BCUT2D eigenvalue weighted by Gasteiger charge is -2.21. The Morgan fingerprint density at radius 1 is 1.32 bits per heavy atom. The Balaban J connectivity index is 0.00000180. The van der Waals surface area contributed by atoms with Crippen molar-refractivity contribution in [2.45, 2.75) is 19.3 Å². The van der Waals surface area contributed by atoms with Crippen LogP contribution in [0.3, 0.4) is 0 Å². The molecule has 0 aromatic heterocycles. The van der Waals surface area contributed by atoms with E-state index in [1.54, 1.807) is 0 Å². The predicted molar refractivity (Wildman–Crippen MR) is 81.0 cm³/mol. The zero-order chi connectivity index (χ0) is 12.8. The van der Waals surface area contributed by atoms with E-state index in [0.717, 1.165) is 42.9 Å². The van der Waals surface area contributed by atoms with Crippen molar-refractivity contribution in [2.75, 3.05) is 19.6 Å². The van der Waals surface area contributed by atoms with Crippen LogP contribution < -0.4 is 10.6 Å². The first-order chi connectivity index (χ1) is 8.77. The van der Waals surface area contributed by atoms with Crippen LogP contribution in [0.2, 0.25) is 5.02 Å². The van der Waals surface area contributed by atoms with Crippen molar-refractivity contribution in [1.29, 1.82) is 0 Å². The van der Waals surface area contributed by atoms with E-state index >= 15 is 0 Å². The molecule has 1 heterocycles. The van der Waals surface area contributed by atoms with Gasteiger partial charge in [-0.15, -0.1) is 12.4 Å². The molecular formula is C14H20Cl2N2O. The van der Waals surface area contributed by atoms with Gasteiger partial charge in [0, 0.05) is 17.5 Å². The van der Waals surface area contributed by atoms with Crippen molar-refractivity contribution in [2.24, 2.45) is 5.92 Å². The maximum absolute atomic E-state index is 11.9. The average molecular weight is 303 g/mol. The third-order valence-electron chi connectivity index (χ3n) is 3.36. The van der Waals surface area contributed by atoms with Gasteiger partial charge in [-0.3, -0.25) is 4.79 Å². The maximum Gasteiger partial charge on any atom is 0.223 e. The van der Waals surface area contributed by atoms with Crippen LogP contribution in [0.1, 0.15) is 18.4 Å². The molecular weight excluding hydrogens is 283 g/mol. The van der Waals surface area contributed by atoms with Crippen molar-refractivity contribution < 1.29 is 4.79 Å². The number of halogens is 2. The monoisotopic (exact) mass is 302 g/mol. The zero-order valence-corrected chi connectivity index (χ0v) is 12.4. The van der Waals surface area contributed by atoms with Crippen molar-refractivity contribution in [3.05, 3.63) is 34.9 Å². The number of benzene rings is 1. The van der Waals surface area contributed by atoms with E-state index in [2.05, 4.69) is 10.6 Å². The second kappa shape index (κ2) is 8.41. The normalized spacial score (nSPS) is 15.6. The second-order valence-electron chi connectivity index (χ2n) is 4.66. The molecule has 2 rings (SSSR count). The van der Waals surface area contributed by atoms with Crippen LogP contribution in [0.15, 0.2) is 24.3 Å². The van der Waals surface area contributed by atoms with E-state index in [-0.39, 0.29) is 24.2 Å². The standard InChI is InChI=1S/C14H19ClN2O.ClH/c15-13-4-2-1-3-11(13)7-10-17-14(18)12-5-8-16-9-6-12;/h1-4,12,16H,5-10H2,(H,17,18);1H. The van der Waals surface area contributed by atoms with Gasteiger partial charge in [0.05, 0.1) is 0 Å². The van der Waals surface area contributed by atoms with E-state index in [1.165, 1.54) is 0 Å². The van der Waals surface area contributed by atoms with Crippen molar-refractivity contribution in [1.82, 2.24) is 10.6 Å². The maximum atomic E-state index is 11.9. The van der Waals surface area contributed by atoms with Gasteiger partial charge in [0.2, 0.25) is 5.91 Å². The summed E-state index contributed by atoms with van der Waals surface area (Å²) in [5.74, 6) is 0.362. The smallest absolute Gasteiger partial charge is 0.223 e. The topological polar surface area (TPSA) is 41.1 Å². The summed E-state index contributed by atoms with van der Waals surface area (Å²) in [6.07, 6.45) is 2.67. The fourth-order valence-corrected chi connectivity index (χ4v) is 2.48. The summed E-state index contributed by atoms with van der Waals surface area (Å²) >= 11 is 6.07. The molecule has 0 unspecified atom stereocenters. The van der Waals surface area contributed by atoms with Gasteiger partial charge >= 0.3 is 0 Å². The molecule has 1 aliphatic heterocycles. The first-order valence-electron chi connectivity index (χ1n) is 6.49. The van der Waals surface area contributed by atoms with E-state index in [0.29, 0.717) is 6.54 Å². The molecule has 106 valence electrons. The summed E-state index contributed by atoms with van der Waals surface area (Å²) in [7, 11) is 0. The quantitative estimate of drug-likeness (QED) is 0.897. The van der Waals surface area contributed by atoms with Crippen LogP contribution >= 0.6 is 24.0 Å². The number of carbonyl (C=O) groups excluding carboxylic acids is 1. The Labute approximate surface area is 125 Å². The molecule has 0 aliphatic carbocycles. The molecule has 0 bridgehead atoms. The van der Waals surface area contributed by atoms with Crippen LogP contribution in [-0.2, 0) is 11.2 Å². The third-order valence-corrected chi connectivity index (χ3v) is 3.73. The van der Waals surface area contributed by atoms with Crippen LogP contribution in [0.25, 0.3) is 0 Å². The number of nitrogens with one attached hydrogen (secondary N) is 2. The van der Waals surface area contributed by atoms with Gasteiger partial charge in [-0.2, -0.15) is 0 Å². The highest BCUT2D eigenvalue weighted by atomic mass is 35.5. The van der Waals surface area contributed by atoms with Gasteiger partial charge in [-0.25, -0.2) is 0 Å². The number of piperidine rings is 1. The van der Waals surface area contributed by atoms with Gasteiger partial charge in [0.15, 0.2) is 0 Å². The Kier molecular flexibility index (Phi) is 7.21. The van der Waals surface area contributed by atoms with E-state index in [4.69, 9.17) is 11.6 Å². The lowest BCUT2D eigenvalue weighted by molar-refractivity contribution is -0.125.